The minimum Gasteiger partial charge on any atom is -0.371 e. The molecule has 8 heteroatoms. The number of anilines is 2. The molecule has 0 unspecified atom stereocenters. The molecule has 33 heavy (non-hydrogen) atoms. The van der Waals surface area contributed by atoms with Gasteiger partial charge in [-0.05, 0) is 31.4 Å². The Kier molecular flexibility index (Phi) is 6.09. The Balaban J connectivity index is 1.47. The summed E-state index contributed by atoms with van der Waals surface area (Å²) in [7, 11) is 1.88. The highest BCUT2D eigenvalue weighted by Gasteiger charge is 2.24. The van der Waals surface area contributed by atoms with Crippen molar-refractivity contribution in [2.75, 3.05) is 17.7 Å². The molecule has 3 aromatic heterocycles. The van der Waals surface area contributed by atoms with E-state index in [0.717, 1.165) is 39.7 Å². The number of thiazole rings is 1. The molecular weight excluding hydrogens is 432 g/mol. The second-order valence-corrected chi connectivity index (χ2v) is 9.53. The zero-order valence-corrected chi connectivity index (χ0v) is 19.8. The van der Waals surface area contributed by atoms with Crippen molar-refractivity contribution in [3.05, 3.63) is 59.1 Å². The summed E-state index contributed by atoms with van der Waals surface area (Å²) >= 11 is 1.51. The maximum Gasteiger partial charge on any atom is 0.257 e. The highest BCUT2D eigenvalue weighted by molar-refractivity contribution is 7.15. The average Bonchev–Trinajstić information content (AvgIpc) is 3.49. The topological polar surface area (TPSA) is 84.2 Å². The molecule has 0 aliphatic heterocycles. The Morgan fingerprint density at radius 3 is 2.64 bits per heavy atom. The van der Waals surface area contributed by atoms with Gasteiger partial charge in [-0.15, -0.1) is 11.3 Å². The van der Waals surface area contributed by atoms with E-state index in [1.165, 1.54) is 43.4 Å². The van der Waals surface area contributed by atoms with Crippen LogP contribution in [0.4, 0.5) is 10.9 Å². The minimum absolute atomic E-state index is 0.159. The van der Waals surface area contributed by atoms with E-state index < -0.39 is 0 Å². The Hall–Kier alpha value is -3.26. The molecule has 0 saturated heterocycles. The van der Waals surface area contributed by atoms with Gasteiger partial charge < -0.3 is 5.32 Å². The monoisotopic (exact) mass is 460 g/mol. The third-order valence-corrected chi connectivity index (χ3v) is 7.39. The Bertz CT molecular complexity index is 1270. The average molecular weight is 461 g/mol. The fourth-order valence-electron chi connectivity index (χ4n) is 4.57. The smallest absolute Gasteiger partial charge is 0.257 e. The first-order valence-corrected chi connectivity index (χ1v) is 12.4. The van der Waals surface area contributed by atoms with Gasteiger partial charge in [-0.25, -0.2) is 15.0 Å². The first-order valence-electron chi connectivity index (χ1n) is 11.6. The summed E-state index contributed by atoms with van der Waals surface area (Å²) in [6, 6.07) is 7.63. The van der Waals surface area contributed by atoms with Crippen molar-refractivity contribution in [3.8, 4) is 11.3 Å². The number of rotatable bonds is 6. The standard InChI is InChI=1S/C25H28N6OS/c1-3-19-15-28-25(33-19)30-24(32)18-11-9-16(10-12-18)20-21-22(26-2)27-13-14-31(21)23(29-20)17-7-5-4-6-8-17/h9-15,17H,3-8H2,1-2H3,(H,26,27)(H,28,30,32). The number of imidazole rings is 1. The van der Waals surface area contributed by atoms with E-state index in [0.29, 0.717) is 16.6 Å². The molecule has 0 atom stereocenters. The number of nitrogens with zero attached hydrogens (tertiary/aromatic N) is 4. The number of amides is 1. The van der Waals surface area contributed by atoms with Crippen LogP contribution in [0, 0.1) is 0 Å². The number of benzene rings is 1. The van der Waals surface area contributed by atoms with Gasteiger partial charge in [0.05, 0.1) is 0 Å². The van der Waals surface area contributed by atoms with Gasteiger partial charge in [0.1, 0.15) is 17.0 Å². The van der Waals surface area contributed by atoms with Crippen LogP contribution < -0.4 is 10.6 Å². The van der Waals surface area contributed by atoms with Crippen molar-refractivity contribution in [1.29, 1.82) is 0 Å². The molecule has 170 valence electrons. The number of carbonyl (C=O) groups excluding carboxylic acids is 1. The Morgan fingerprint density at radius 1 is 1.15 bits per heavy atom. The number of hydrogen-bond acceptors (Lipinski definition) is 6. The van der Waals surface area contributed by atoms with Crippen molar-refractivity contribution in [3.63, 3.8) is 0 Å². The molecule has 4 aromatic rings. The van der Waals surface area contributed by atoms with Gasteiger partial charge in [0.25, 0.3) is 5.91 Å². The fourth-order valence-corrected chi connectivity index (χ4v) is 5.32. The molecule has 5 rings (SSSR count). The first kappa shape index (κ1) is 21.6. The number of hydrogen-bond donors (Lipinski definition) is 2. The molecule has 1 saturated carbocycles. The van der Waals surface area contributed by atoms with E-state index in [1.807, 2.05) is 49.9 Å². The fraction of sp³-hybridized carbons (Fsp3) is 0.360. The molecule has 1 amide bonds. The van der Waals surface area contributed by atoms with Crippen LogP contribution in [0.3, 0.4) is 0 Å². The summed E-state index contributed by atoms with van der Waals surface area (Å²) in [6.07, 6.45) is 12.7. The predicted octanol–water partition coefficient (Wildman–Crippen LogP) is 5.76. The van der Waals surface area contributed by atoms with Crippen molar-refractivity contribution >= 4 is 33.7 Å². The normalized spacial score (nSPS) is 14.5. The third-order valence-electron chi connectivity index (χ3n) is 6.33. The summed E-state index contributed by atoms with van der Waals surface area (Å²) in [6.45, 7) is 2.08. The van der Waals surface area contributed by atoms with Crippen LogP contribution in [0.25, 0.3) is 16.8 Å². The van der Waals surface area contributed by atoms with Crippen LogP contribution in [-0.2, 0) is 6.42 Å². The van der Waals surface area contributed by atoms with Crippen LogP contribution in [0.2, 0.25) is 0 Å². The number of aryl methyl sites for hydroxylation is 1. The first-order chi connectivity index (χ1) is 16.2. The largest absolute Gasteiger partial charge is 0.371 e. The van der Waals surface area contributed by atoms with E-state index in [4.69, 9.17) is 4.98 Å². The molecule has 1 aliphatic rings. The van der Waals surface area contributed by atoms with Crippen molar-refractivity contribution < 1.29 is 4.79 Å². The highest BCUT2D eigenvalue weighted by atomic mass is 32.1. The zero-order valence-electron chi connectivity index (χ0n) is 19.0. The van der Waals surface area contributed by atoms with E-state index in [2.05, 4.69) is 31.9 Å². The number of fused-ring (bicyclic) bond motifs is 1. The lowest BCUT2D eigenvalue weighted by atomic mass is 9.89. The maximum atomic E-state index is 12.7. The second kappa shape index (κ2) is 9.31. The Labute approximate surface area is 197 Å². The molecule has 2 N–H and O–H groups in total. The van der Waals surface area contributed by atoms with Crippen molar-refractivity contribution in [2.24, 2.45) is 0 Å². The van der Waals surface area contributed by atoms with Gasteiger partial charge >= 0.3 is 0 Å². The lowest BCUT2D eigenvalue weighted by molar-refractivity contribution is 0.102. The van der Waals surface area contributed by atoms with Crippen molar-refractivity contribution in [1.82, 2.24) is 19.4 Å². The van der Waals surface area contributed by atoms with E-state index in [1.54, 1.807) is 0 Å². The van der Waals surface area contributed by atoms with Crippen LogP contribution in [0.5, 0.6) is 0 Å². The van der Waals surface area contributed by atoms with Gasteiger partial charge in [-0.2, -0.15) is 0 Å². The van der Waals surface area contributed by atoms with Gasteiger partial charge in [-0.1, -0.05) is 38.3 Å². The lowest BCUT2D eigenvalue weighted by Gasteiger charge is -2.20. The van der Waals surface area contributed by atoms with E-state index in [-0.39, 0.29) is 5.91 Å². The van der Waals surface area contributed by atoms with Crippen LogP contribution in [0.15, 0.2) is 42.9 Å². The van der Waals surface area contributed by atoms with E-state index >= 15 is 0 Å². The summed E-state index contributed by atoms with van der Waals surface area (Å²) in [5.74, 6) is 2.22. The highest BCUT2D eigenvalue weighted by Crippen LogP contribution is 2.37. The Morgan fingerprint density at radius 2 is 1.94 bits per heavy atom. The molecule has 0 radical (unpaired) electrons. The molecule has 0 bridgehead atoms. The van der Waals surface area contributed by atoms with Gasteiger partial charge in [-0.3, -0.25) is 14.5 Å². The number of aromatic nitrogens is 4. The molecule has 0 spiro atoms. The van der Waals surface area contributed by atoms with Crippen molar-refractivity contribution in [2.45, 2.75) is 51.4 Å². The van der Waals surface area contributed by atoms with Gasteiger partial charge in [0.15, 0.2) is 10.9 Å². The third kappa shape index (κ3) is 4.23. The van der Waals surface area contributed by atoms with Crippen LogP contribution in [-0.4, -0.2) is 32.3 Å². The van der Waals surface area contributed by atoms with Crippen LogP contribution in [0.1, 0.15) is 66.0 Å². The summed E-state index contributed by atoms with van der Waals surface area (Å²) in [4.78, 5) is 27.8. The lowest BCUT2D eigenvalue weighted by Crippen LogP contribution is -2.11. The SMILES string of the molecule is CCc1cnc(NC(=O)c2ccc(-c3nc(C4CCCCC4)n4ccnc(NC)c34)cc2)s1. The van der Waals surface area contributed by atoms with E-state index in [9.17, 15) is 4.79 Å². The molecular formula is C25H28N6OS. The van der Waals surface area contributed by atoms with Gasteiger partial charge in [0, 0.05) is 47.6 Å². The summed E-state index contributed by atoms with van der Waals surface area (Å²) in [5, 5.41) is 6.74. The number of carbonyl (C=O) groups is 1. The quantitative estimate of drug-likeness (QED) is 0.382. The predicted molar refractivity (Wildman–Crippen MR) is 133 cm³/mol. The molecule has 1 aliphatic carbocycles. The summed E-state index contributed by atoms with van der Waals surface area (Å²) < 4.78 is 2.19. The molecule has 3 heterocycles. The summed E-state index contributed by atoms with van der Waals surface area (Å²) in [5.41, 5.74) is 3.44. The molecule has 1 aromatic carbocycles. The maximum absolute atomic E-state index is 12.7. The van der Waals surface area contributed by atoms with Crippen LogP contribution >= 0.6 is 11.3 Å². The second-order valence-electron chi connectivity index (χ2n) is 8.41. The molecule has 7 nitrogen and oxygen atoms in total. The number of nitrogens with one attached hydrogen (secondary N) is 2. The molecule has 1 fully saturated rings. The zero-order chi connectivity index (χ0) is 22.8. The van der Waals surface area contributed by atoms with Gasteiger partial charge in [0.2, 0.25) is 0 Å². The minimum atomic E-state index is -0.159.